The minimum Gasteiger partial charge on any atom is -0.321 e. The van der Waals surface area contributed by atoms with Crippen LogP contribution in [-0.4, -0.2) is 18.6 Å². The summed E-state index contributed by atoms with van der Waals surface area (Å²) >= 11 is 1.78. The van der Waals surface area contributed by atoms with Crippen molar-refractivity contribution in [1.82, 2.24) is 10.3 Å². The Morgan fingerprint density at radius 2 is 1.90 bits per heavy atom. The SMILES string of the molecule is CCCNC(C)c1sc(N(C)c2ccc(C)cc2)nc1C. The van der Waals surface area contributed by atoms with Crippen molar-refractivity contribution in [2.24, 2.45) is 0 Å². The number of thiazole rings is 1. The van der Waals surface area contributed by atoms with Gasteiger partial charge in [0, 0.05) is 23.7 Å². The molecule has 3 nitrogen and oxygen atoms in total. The van der Waals surface area contributed by atoms with Crippen molar-refractivity contribution in [3.8, 4) is 0 Å². The molecule has 2 aromatic rings. The van der Waals surface area contributed by atoms with Gasteiger partial charge < -0.3 is 10.2 Å². The van der Waals surface area contributed by atoms with E-state index in [-0.39, 0.29) is 0 Å². The Bertz CT molecular complexity index is 574. The number of anilines is 2. The first-order valence-electron chi connectivity index (χ1n) is 7.54. The molecule has 0 spiro atoms. The summed E-state index contributed by atoms with van der Waals surface area (Å²) in [4.78, 5) is 8.23. The van der Waals surface area contributed by atoms with Crippen LogP contribution >= 0.6 is 11.3 Å². The highest BCUT2D eigenvalue weighted by Gasteiger charge is 2.16. The van der Waals surface area contributed by atoms with Gasteiger partial charge in [0.1, 0.15) is 0 Å². The molecular formula is C17H25N3S. The van der Waals surface area contributed by atoms with Crippen molar-refractivity contribution in [2.75, 3.05) is 18.5 Å². The summed E-state index contributed by atoms with van der Waals surface area (Å²) in [5, 5.41) is 4.59. The lowest BCUT2D eigenvalue weighted by Crippen LogP contribution is -2.18. The molecule has 0 saturated carbocycles. The number of benzene rings is 1. The van der Waals surface area contributed by atoms with Crippen LogP contribution in [0.3, 0.4) is 0 Å². The molecule has 0 aliphatic rings. The maximum absolute atomic E-state index is 4.74. The molecule has 0 amide bonds. The number of nitrogens with zero attached hydrogens (tertiary/aromatic N) is 2. The molecule has 0 aliphatic heterocycles. The molecule has 0 saturated heterocycles. The van der Waals surface area contributed by atoms with Gasteiger partial charge in [0.05, 0.1) is 5.69 Å². The fourth-order valence-electron chi connectivity index (χ4n) is 2.27. The average molecular weight is 303 g/mol. The van der Waals surface area contributed by atoms with Crippen LogP contribution in [0.25, 0.3) is 0 Å². The third kappa shape index (κ3) is 3.83. The van der Waals surface area contributed by atoms with Crippen LogP contribution in [0.4, 0.5) is 10.8 Å². The molecule has 21 heavy (non-hydrogen) atoms. The first-order valence-corrected chi connectivity index (χ1v) is 8.35. The van der Waals surface area contributed by atoms with Gasteiger partial charge in [-0.1, -0.05) is 36.0 Å². The fourth-order valence-corrected chi connectivity index (χ4v) is 3.35. The third-order valence-electron chi connectivity index (χ3n) is 3.62. The van der Waals surface area contributed by atoms with Crippen LogP contribution in [0.1, 0.15) is 42.4 Å². The average Bonchev–Trinajstić information content (AvgIpc) is 2.87. The lowest BCUT2D eigenvalue weighted by molar-refractivity contribution is 0.575. The van der Waals surface area contributed by atoms with Crippen LogP contribution < -0.4 is 10.2 Å². The van der Waals surface area contributed by atoms with Crippen LogP contribution in [0.2, 0.25) is 0 Å². The van der Waals surface area contributed by atoms with E-state index in [0.717, 1.165) is 23.8 Å². The summed E-state index contributed by atoms with van der Waals surface area (Å²) < 4.78 is 0. The highest BCUT2D eigenvalue weighted by molar-refractivity contribution is 7.15. The number of hydrogen-bond acceptors (Lipinski definition) is 4. The van der Waals surface area contributed by atoms with Gasteiger partial charge in [-0.3, -0.25) is 0 Å². The monoisotopic (exact) mass is 303 g/mol. The van der Waals surface area contributed by atoms with Gasteiger partial charge in [0.2, 0.25) is 0 Å². The highest BCUT2D eigenvalue weighted by atomic mass is 32.1. The van der Waals surface area contributed by atoms with E-state index < -0.39 is 0 Å². The zero-order chi connectivity index (χ0) is 15.4. The van der Waals surface area contributed by atoms with E-state index in [2.05, 4.69) is 69.2 Å². The smallest absolute Gasteiger partial charge is 0.190 e. The quantitative estimate of drug-likeness (QED) is 0.846. The Labute approximate surface area is 132 Å². The summed E-state index contributed by atoms with van der Waals surface area (Å²) in [7, 11) is 2.08. The minimum atomic E-state index is 0.364. The lowest BCUT2D eigenvalue weighted by Gasteiger charge is -2.16. The molecule has 1 N–H and O–H groups in total. The first kappa shape index (κ1) is 16.0. The second-order valence-electron chi connectivity index (χ2n) is 5.52. The second kappa shape index (κ2) is 7.05. The number of aromatic nitrogens is 1. The fraction of sp³-hybridized carbons (Fsp3) is 0.471. The van der Waals surface area contributed by atoms with Crippen LogP contribution in [0.5, 0.6) is 0 Å². The van der Waals surface area contributed by atoms with E-state index in [0.29, 0.717) is 6.04 Å². The molecule has 0 fully saturated rings. The Morgan fingerprint density at radius 3 is 2.52 bits per heavy atom. The van der Waals surface area contributed by atoms with Crippen molar-refractivity contribution in [3.63, 3.8) is 0 Å². The number of nitrogens with one attached hydrogen (secondary N) is 1. The van der Waals surface area contributed by atoms with Crippen molar-refractivity contribution in [1.29, 1.82) is 0 Å². The van der Waals surface area contributed by atoms with E-state index >= 15 is 0 Å². The predicted molar refractivity (Wildman–Crippen MR) is 92.8 cm³/mol. The van der Waals surface area contributed by atoms with Crippen LogP contribution in [0, 0.1) is 13.8 Å². The molecule has 0 aliphatic carbocycles. The van der Waals surface area contributed by atoms with Crippen molar-refractivity contribution in [3.05, 3.63) is 40.4 Å². The Hall–Kier alpha value is -1.39. The normalized spacial score (nSPS) is 12.4. The number of hydrogen-bond donors (Lipinski definition) is 1. The predicted octanol–water partition coefficient (Wildman–Crippen LogP) is 4.59. The lowest BCUT2D eigenvalue weighted by atomic mass is 10.2. The van der Waals surface area contributed by atoms with Gasteiger partial charge in [0.25, 0.3) is 0 Å². The first-order chi connectivity index (χ1) is 10.0. The van der Waals surface area contributed by atoms with E-state index in [1.54, 1.807) is 11.3 Å². The number of rotatable bonds is 6. The molecule has 1 aromatic heterocycles. The van der Waals surface area contributed by atoms with Crippen LogP contribution in [-0.2, 0) is 0 Å². The molecule has 0 bridgehead atoms. The van der Waals surface area contributed by atoms with E-state index in [4.69, 9.17) is 4.98 Å². The molecule has 1 heterocycles. The topological polar surface area (TPSA) is 28.2 Å². The van der Waals surface area contributed by atoms with Gasteiger partial charge in [0.15, 0.2) is 5.13 Å². The molecule has 2 rings (SSSR count). The third-order valence-corrected chi connectivity index (χ3v) is 5.04. The molecule has 4 heteroatoms. The zero-order valence-electron chi connectivity index (χ0n) is 13.6. The minimum absolute atomic E-state index is 0.364. The molecular weight excluding hydrogens is 278 g/mol. The van der Waals surface area contributed by atoms with Gasteiger partial charge in [-0.2, -0.15) is 0 Å². The number of aryl methyl sites for hydroxylation is 2. The van der Waals surface area contributed by atoms with Gasteiger partial charge >= 0.3 is 0 Å². The van der Waals surface area contributed by atoms with Crippen molar-refractivity contribution in [2.45, 2.75) is 40.2 Å². The van der Waals surface area contributed by atoms with E-state index in [9.17, 15) is 0 Å². The second-order valence-corrected chi connectivity index (χ2v) is 6.53. The molecule has 0 radical (unpaired) electrons. The maximum atomic E-state index is 4.74. The molecule has 1 atom stereocenters. The van der Waals surface area contributed by atoms with Crippen molar-refractivity contribution < 1.29 is 0 Å². The van der Waals surface area contributed by atoms with E-state index in [1.807, 2.05) is 0 Å². The molecule has 1 aromatic carbocycles. The Kier molecular flexibility index (Phi) is 5.37. The Balaban J connectivity index is 2.19. The van der Waals surface area contributed by atoms with Gasteiger partial charge in [-0.15, -0.1) is 0 Å². The van der Waals surface area contributed by atoms with Crippen molar-refractivity contribution >= 4 is 22.2 Å². The van der Waals surface area contributed by atoms with E-state index in [1.165, 1.54) is 16.1 Å². The maximum Gasteiger partial charge on any atom is 0.190 e. The summed E-state index contributed by atoms with van der Waals surface area (Å²) in [6, 6.07) is 8.93. The summed E-state index contributed by atoms with van der Waals surface area (Å²) in [6.45, 7) is 9.66. The standard InChI is InChI=1S/C17H25N3S/c1-6-11-18-13(3)16-14(4)19-17(21-16)20(5)15-9-7-12(2)8-10-15/h7-10,13,18H,6,11H2,1-5H3. The summed E-state index contributed by atoms with van der Waals surface area (Å²) in [6.07, 6.45) is 1.15. The van der Waals surface area contributed by atoms with Gasteiger partial charge in [-0.25, -0.2) is 4.98 Å². The molecule has 1 unspecified atom stereocenters. The highest BCUT2D eigenvalue weighted by Crippen LogP contribution is 2.33. The van der Waals surface area contributed by atoms with Gasteiger partial charge in [-0.05, 0) is 45.9 Å². The van der Waals surface area contributed by atoms with Crippen LogP contribution in [0.15, 0.2) is 24.3 Å². The Morgan fingerprint density at radius 1 is 1.24 bits per heavy atom. The zero-order valence-corrected chi connectivity index (χ0v) is 14.4. The molecule has 114 valence electrons. The summed E-state index contributed by atoms with van der Waals surface area (Å²) in [5.41, 5.74) is 3.58. The largest absolute Gasteiger partial charge is 0.321 e. The summed E-state index contributed by atoms with van der Waals surface area (Å²) in [5.74, 6) is 0.